The summed E-state index contributed by atoms with van der Waals surface area (Å²) in [5.74, 6) is 0.941. The third-order valence-electron chi connectivity index (χ3n) is 3.42. The molecule has 5 nitrogen and oxygen atoms in total. The summed E-state index contributed by atoms with van der Waals surface area (Å²) in [6, 6.07) is 8.18. The summed E-state index contributed by atoms with van der Waals surface area (Å²) in [4.78, 5) is 16.1. The van der Waals surface area contributed by atoms with Gasteiger partial charge >= 0.3 is 0 Å². The quantitative estimate of drug-likeness (QED) is 0.810. The Labute approximate surface area is 125 Å². The summed E-state index contributed by atoms with van der Waals surface area (Å²) >= 11 is 0. The number of nitrogens with one attached hydrogen (secondary N) is 1. The largest absolute Gasteiger partial charge is 0.375 e. The van der Waals surface area contributed by atoms with E-state index in [9.17, 15) is 4.79 Å². The topological polar surface area (TPSA) is 56.2 Å². The highest BCUT2D eigenvalue weighted by molar-refractivity contribution is 5.77. The van der Waals surface area contributed by atoms with Crippen molar-refractivity contribution in [2.75, 3.05) is 20.3 Å². The number of aryl methyl sites for hydroxylation is 1. The molecule has 0 aliphatic heterocycles. The maximum Gasteiger partial charge on any atom is 0.245 e. The SMILES string of the molecule is CCCCn1c(CCNC(=O)COC)nc2ccccc21. The monoisotopic (exact) mass is 289 g/mol. The average Bonchev–Trinajstić information content (AvgIpc) is 2.83. The summed E-state index contributed by atoms with van der Waals surface area (Å²) in [5, 5.41) is 2.84. The molecule has 0 saturated carbocycles. The Morgan fingerprint density at radius 1 is 1.38 bits per heavy atom. The van der Waals surface area contributed by atoms with Gasteiger partial charge in [-0.25, -0.2) is 4.98 Å². The molecular weight excluding hydrogens is 266 g/mol. The summed E-state index contributed by atoms with van der Waals surface area (Å²) < 4.78 is 7.06. The van der Waals surface area contributed by atoms with Gasteiger partial charge in [-0.3, -0.25) is 4.79 Å². The van der Waals surface area contributed by atoms with Gasteiger partial charge in [0.25, 0.3) is 0 Å². The number of carbonyl (C=O) groups is 1. The van der Waals surface area contributed by atoms with E-state index >= 15 is 0 Å². The minimum absolute atomic E-state index is 0.0891. The zero-order chi connectivity index (χ0) is 15.1. The Hall–Kier alpha value is -1.88. The summed E-state index contributed by atoms with van der Waals surface area (Å²) in [6.07, 6.45) is 3.01. The van der Waals surface area contributed by atoms with Crippen molar-refractivity contribution in [3.63, 3.8) is 0 Å². The molecule has 0 aliphatic rings. The van der Waals surface area contributed by atoms with Gasteiger partial charge in [0.05, 0.1) is 11.0 Å². The van der Waals surface area contributed by atoms with Crippen LogP contribution in [0.15, 0.2) is 24.3 Å². The van der Waals surface area contributed by atoms with Gasteiger partial charge in [0.1, 0.15) is 12.4 Å². The molecule has 1 aromatic carbocycles. The zero-order valence-corrected chi connectivity index (χ0v) is 12.8. The lowest BCUT2D eigenvalue weighted by atomic mass is 10.3. The number of carbonyl (C=O) groups excluding carboxylic acids is 1. The first kappa shape index (κ1) is 15.5. The number of methoxy groups -OCH3 is 1. The van der Waals surface area contributed by atoms with Crippen molar-refractivity contribution in [3.8, 4) is 0 Å². The second-order valence-corrected chi connectivity index (χ2v) is 5.05. The van der Waals surface area contributed by atoms with E-state index in [0.29, 0.717) is 6.54 Å². The molecule has 1 N–H and O–H groups in total. The fourth-order valence-electron chi connectivity index (χ4n) is 2.38. The average molecular weight is 289 g/mol. The molecule has 0 saturated heterocycles. The van der Waals surface area contributed by atoms with Crippen LogP contribution in [0.2, 0.25) is 0 Å². The molecule has 2 rings (SSSR count). The smallest absolute Gasteiger partial charge is 0.245 e. The first-order valence-electron chi connectivity index (χ1n) is 7.46. The van der Waals surface area contributed by atoms with Gasteiger partial charge in [0, 0.05) is 26.6 Å². The van der Waals surface area contributed by atoms with Crippen LogP contribution in [-0.4, -0.2) is 35.7 Å². The van der Waals surface area contributed by atoms with Gasteiger partial charge < -0.3 is 14.6 Å². The number of imidazole rings is 1. The van der Waals surface area contributed by atoms with E-state index in [2.05, 4.69) is 27.9 Å². The zero-order valence-electron chi connectivity index (χ0n) is 12.8. The van der Waals surface area contributed by atoms with Crippen molar-refractivity contribution in [3.05, 3.63) is 30.1 Å². The van der Waals surface area contributed by atoms with Crippen molar-refractivity contribution in [1.82, 2.24) is 14.9 Å². The Morgan fingerprint density at radius 2 is 2.19 bits per heavy atom. The predicted octanol–water partition coefficient (Wildman–Crippen LogP) is 2.14. The molecule has 0 atom stereocenters. The number of aromatic nitrogens is 2. The maximum absolute atomic E-state index is 11.4. The van der Waals surface area contributed by atoms with Gasteiger partial charge in [-0.05, 0) is 18.6 Å². The fourth-order valence-corrected chi connectivity index (χ4v) is 2.38. The molecule has 0 fully saturated rings. The van der Waals surface area contributed by atoms with Crippen LogP contribution in [0.25, 0.3) is 11.0 Å². The number of benzene rings is 1. The highest BCUT2D eigenvalue weighted by Crippen LogP contribution is 2.17. The van der Waals surface area contributed by atoms with E-state index in [1.807, 2.05) is 18.2 Å². The van der Waals surface area contributed by atoms with Gasteiger partial charge in [-0.2, -0.15) is 0 Å². The molecule has 5 heteroatoms. The lowest BCUT2D eigenvalue weighted by Gasteiger charge is -2.09. The Bertz CT molecular complexity index is 592. The van der Waals surface area contributed by atoms with Crippen LogP contribution in [0.1, 0.15) is 25.6 Å². The molecule has 0 spiro atoms. The summed E-state index contributed by atoms with van der Waals surface area (Å²) in [6.45, 7) is 3.84. The van der Waals surface area contributed by atoms with Crippen LogP contribution in [0, 0.1) is 0 Å². The highest BCUT2D eigenvalue weighted by atomic mass is 16.5. The summed E-state index contributed by atoms with van der Waals surface area (Å²) in [7, 11) is 1.52. The maximum atomic E-state index is 11.4. The van der Waals surface area contributed by atoms with E-state index in [1.54, 1.807) is 0 Å². The molecule has 0 bridgehead atoms. The first-order valence-corrected chi connectivity index (χ1v) is 7.46. The second-order valence-electron chi connectivity index (χ2n) is 5.05. The molecule has 2 aromatic rings. The number of fused-ring (bicyclic) bond motifs is 1. The number of hydrogen-bond donors (Lipinski definition) is 1. The number of nitrogens with zero attached hydrogens (tertiary/aromatic N) is 2. The van der Waals surface area contributed by atoms with E-state index in [4.69, 9.17) is 4.74 Å². The predicted molar refractivity (Wildman–Crippen MR) is 83.2 cm³/mol. The van der Waals surface area contributed by atoms with Gasteiger partial charge in [-0.15, -0.1) is 0 Å². The Kier molecular flexibility index (Phi) is 5.75. The van der Waals surface area contributed by atoms with Gasteiger partial charge in [-0.1, -0.05) is 25.5 Å². The molecule has 114 valence electrons. The van der Waals surface area contributed by atoms with E-state index in [-0.39, 0.29) is 12.5 Å². The standard InChI is InChI=1S/C16H23N3O2/c1-3-4-11-19-14-8-6-5-7-13(14)18-15(19)9-10-17-16(20)12-21-2/h5-8H,3-4,9-12H2,1-2H3,(H,17,20). The van der Waals surface area contributed by atoms with Crippen LogP contribution >= 0.6 is 0 Å². The summed E-state index contributed by atoms with van der Waals surface area (Å²) in [5.41, 5.74) is 2.19. The van der Waals surface area contributed by atoms with Crippen molar-refractivity contribution < 1.29 is 9.53 Å². The molecular formula is C16H23N3O2. The second kappa shape index (κ2) is 7.78. The first-order chi connectivity index (χ1) is 10.3. The highest BCUT2D eigenvalue weighted by Gasteiger charge is 2.10. The van der Waals surface area contributed by atoms with Crippen molar-refractivity contribution >= 4 is 16.9 Å². The van der Waals surface area contributed by atoms with Crippen LogP contribution < -0.4 is 5.32 Å². The van der Waals surface area contributed by atoms with E-state index in [0.717, 1.165) is 37.1 Å². The molecule has 0 aliphatic carbocycles. The number of hydrogen-bond acceptors (Lipinski definition) is 3. The lowest BCUT2D eigenvalue weighted by molar-refractivity contribution is -0.124. The third-order valence-corrected chi connectivity index (χ3v) is 3.42. The van der Waals surface area contributed by atoms with Crippen LogP contribution in [0.5, 0.6) is 0 Å². The number of amides is 1. The third kappa shape index (κ3) is 4.04. The van der Waals surface area contributed by atoms with Crippen molar-refractivity contribution in [2.45, 2.75) is 32.7 Å². The molecule has 1 amide bonds. The van der Waals surface area contributed by atoms with E-state index in [1.165, 1.54) is 12.6 Å². The van der Waals surface area contributed by atoms with Gasteiger partial charge in [0.15, 0.2) is 0 Å². The molecule has 1 heterocycles. The van der Waals surface area contributed by atoms with Crippen molar-refractivity contribution in [1.29, 1.82) is 0 Å². The number of unbranched alkanes of at least 4 members (excludes halogenated alkanes) is 1. The molecule has 0 radical (unpaired) electrons. The van der Waals surface area contributed by atoms with E-state index < -0.39 is 0 Å². The van der Waals surface area contributed by atoms with Crippen LogP contribution in [0.3, 0.4) is 0 Å². The molecule has 21 heavy (non-hydrogen) atoms. The van der Waals surface area contributed by atoms with Gasteiger partial charge in [0.2, 0.25) is 5.91 Å². The fraction of sp³-hybridized carbons (Fsp3) is 0.500. The Balaban J connectivity index is 2.08. The molecule has 1 aromatic heterocycles. The number of rotatable bonds is 8. The van der Waals surface area contributed by atoms with Crippen LogP contribution in [0.4, 0.5) is 0 Å². The minimum atomic E-state index is -0.0891. The lowest BCUT2D eigenvalue weighted by Crippen LogP contribution is -2.29. The normalized spacial score (nSPS) is 11.0. The minimum Gasteiger partial charge on any atom is -0.375 e. The number of ether oxygens (including phenoxy) is 1. The number of para-hydroxylation sites is 2. The van der Waals surface area contributed by atoms with Crippen LogP contribution in [-0.2, 0) is 22.5 Å². The molecule has 0 unspecified atom stereocenters. The van der Waals surface area contributed by atoms with Crippen molar-refractivity contribution in [2.24, 2.45) is 0 Å². The Morgan fingerprint density at radius 3 is 2.95 bits per heavy atom.